The van der Waals surface area contributed by atoms with E-state index in [0.717, 1.165) is 30.1 Å². The van der Waals surface area contributed by atoms with Crippen molar-refractivity contribution in [3.8, 4) is 0 Å². The van der Waals surface area contributed by atoms with Gasteiger partial charge < -0.3 is 10.1 Å². The molecule has 1 fully saturated rings. The van der Waals surface area contributed by atoms with Gasteiger partial charge in [0, 0.05) is 25.2 Å². The van der Waals surface area contributed by atoms with Crippen LogP contribution in [0.15, 0.2) is 40.2 Å². The average Bonchev–Trinajstić information content (AvgIpc) is 2.58. The molecule has 0 spiro atoms. The minimum atomic E-state index is 0.739. The Bertz CT molecular complexity index is 334. The summed E-state index contributed by atoms with van der Waals surface area (Å²) in [6, 6.07) is 0. The fraction of sp³-hybridized carbons (Fsp3) is 0.417. The fourth-order valence-electron chi connectivity index (χ4n) is 1.25. The van der Waals surface area contributed by atoms with Crippen LogP contribution < -0.4 is 5.32 Å². The molecular formula is C12H18N2O. The minimum absolute atomic E-state index is 0.739. The summed E-state index contributed by atoms with van der Waals surface area (Å²) in [5.74, 6) is 0.878. The molecule has 1 saturated heterocycles. The third-order valence-electron chi connectivity index (χ3n) is 2.17. The van der Waals surface area contributed by atoms with Gasteiger partial charge in [-0.2, -0.15) is 0 Å². The lowest BCUT2D eigenvalue weighted by atomic mass is 10.1. The highest BCUT2D eigenvalue weighted by Crippen LogP contribution is 2.23. The first kappa shape index (κ1) is 11.6. The van der Waals surface area contributed by atoms with E-state index in [1.54, 1.807) is 13.4 Å². The number of ether oxygens (including phenoxy) is 1. The van der Waals surface area contributed by atoms with Crippen molar-refractivity contribution in [2.45, 2.75) is 20.3 Å². The molecule has 0 bridgehead atoms. The summed E-state index contributed by atoms with van der Waals surface area (Å²) in [7, 11) is 1.73. The lowest BCUT2D eigenvalue weighted by Gasteiger charge is -2.06. The standard InChI is InChI=1S/C12H18N2O/c1-9(2)11(14-8-13-4)7-12-10(3)5-6-15-12/h7-8H,3,5-6H2,1-2,4H3,(H,13,14)/b12-7+. The van der Waals surface area contributed by atoms with Crippen LogP contribution in [-0.2, 0) is 4.74 Å². The lowest BCUT2D eigenvalue weighted by molar-refractivity contribution is 0.265. The molecule has 0 aliphatic carbocycles. The van der Waals surface area contributed by atoms with Gasteiger partial charge in [-0.25, -0.2) is 0 Å². The van der Waals surface area contributed by atoms with Crippen molar-refractivity contribution >= 4 is 6.34 Å². The second-order valence-electron chi connectivity index (χ2n) is 3.66. The number of hydrogen-bond acceptors (Lipinski definition) is 2. The monoisotopic (exact) mass is 206 g/mol. The molecule has 1 aliphatic heterocycles. The zero-order chi connectivity index (χ0) is 11.3. The quantitative estimate of drug-likeness (QED) is 0.568. The molecule has 0 atom stereocenters. The maximum absolute atomic E-state index is 5.47. The molecule has 0 unspecified atom stereocenters. The van der Waals surface area contributed by atoms with Crippen LogP contribution in [0.5, 0.6) is 0 Å². The Morgan fingerprint density at radius 3 is 2.73 bits per heavy atom. The fourth-order valence-corrected chi connectivity index (χ4v) is 1.25. The molecular weight excluding hydrogens is 188 g/mol. The summed E-state index contributed by atoms with van der Waals surface area (Å²) in [4.78, 5) is 3.89. The van der Waals surface area contributed by atoms with Gasteiger partial charge in [-0.15, -0.1) is 0 Å². The summed E-state index contributed by atoms with van der Waals surface area (Å²) in [5.41, 5.74) is 3.26. The highest BCUT2D eigenvalue weighted by atomic mass is 16.5. The molecule has 3 heteroatoms. The van der Waals surface area contributed by atoms with E-state index in [1.165, 1.54) is 5.57 Å². The molecule has 1 N–H and O–H groups in total. The summed E-state index contributed by atoms with van der Waals surface area (Å²) < 4.78 is 5.47. The van der Waals surface area contributed by atoms with Gasteiger partial charge in [-0.1, -0.05) is 12.2 Å². The smallest absolute Gasteiger partial charge is 0.124 e. The molecule has 1 rings (SSSR count). The SMILES string of the molecule is C=C1CCO/C1=C/C(NC=NC)=C(C)C. The van der Waals surface area contributed by atoms with Crippen molar-refractivity contribution in [1.82, 2.24) is 5.32 Å². The van der Waals surface area contributed by atoms with Gasteiger partial charge in [0.25, 0.3) is 0 Å². The summed E-state index contributed by atoms with van der Waals surface area (Å²) >= 11 is 0. The van der Waals surface area contributed by atoms with Crippen molar-refractivity contribution < 1.29 is 4.74 Å². The van der Waals surface area contributed by atoms with E-state index in [9.17, 15) is 0 Å². The number of allylic oxidation sites excluding steroid dienone is 3. The van der Waals surface area contributed by atoms with Gasteiger partial charge in [0.15, 0.2) is 0 Å². The number of nitrogens with one attached hydrogen (secondary N) is 1. The van der Waals surface area contributed by atoms with Crippen LogP contribution in [-0.4, -0.2) is 20.0 Å². The lowest BCUT2D eigenvalue weighted by Crippen LogP contribution is -2.10. The highest BCUT2D eigenvalue weighted by molar-refractivity contribution is 5.59. The molecule has 3 nitrogen and oxygen atoms in total. The molecule has 0 aromatic rings. The third-order valence-corrected chi connectivity index (χ3v) is 2.17. The first-order valence-corrected chi connectivity index (χ1v) is 5.02. The molecule has 82 valence electrons. The second kappa shape index (κ2) is 5.39. The molecule has 0 aromatic carbocycles. The summed E-state index contributed by atoms with van der Waals surface area (Å²) in [6.07, 6.45) is 4.56. The average molecular weight is 206 g/mol. The van der Waals surface area contributed by atoms with Gasteiger partial charge >= 0.3 is 0 Å². The van der Waals surface area contributed by atoms with Crippen molar-refractivity contribution in [3.63, 3.8) is 0 Å². The van der Waals surface area contributed by atoms with Crippen molar-refractivity contribution in [2.24, 2.45) is 4.99 Å². The van der Waals surface area contributed by atoms with Crippen LogP contribution in [0.3, 0.4) is 0 Å². The Labute approximate surface area is 91.2 Å². The number of nitrogens with zero attached hydrogens (tertiary/aromatic N) is 1. The van der Waals surface area contributed by atoms with Crippen LogP contribution in [0.1, 0.15) is 20.3 Å². The van der Waals surface area contributed by atoms with Gasteiger partial charge in [0.1, 0.15) is 5.76 Å². The van der Waals surface area contributed by atoms with Gasteiger partial charge in [0.2, 0.25) is 0 Å². The Balaban J connectivity index is 2.83. The second-order valence-corrected chi connectivity index (χ2v) is 3.66. The molecule has 0 saturated carbocycles. The van der Waals surface area contributed by atoms with E-state index < -0.39 is 0 Å². The summed E-state index contributed by atoms with van der Waals surface area (Å²) in [5, 5.41) is 3.11. The molecule has 0 aromatic heterocycles. The largest absolute Gasteiger partial charge is 0.493 e. The minimum Gasteiger partial charge on any atom is -0.493 e. The molecule has 0 amide bonds. The number of aliphatic imine (C=N–C) groups is 1. The zero-order valence-electron chi connectivity index (χ0n) is 9.63. The maximum atomic E-state index is 5.47. The van der Waals surface area contributed by atoms with Gasteiger partial charge in [0.05, 0.1) is 12.9 Å². The predicted octanol–water partition coefficient (Wildman–Crippen LogP) is 2.39. The maximum Gasteiger partial charge on any atom is 0.124 e. The topological polar surface area (TPSA) is 33.6 Å². The molecule has 1 aliphatic rings. The van der Waals surface area contributed by atoms with Crippen LogP contribution >= 0.6 is 0 Å². The predicted molar refractivity (Wildman–Crippen MR) is 63.7 cm³/mol. The van der Waals surface area contributed by atoms with Crippen LogP contribution in [0, 0.1) is 0 Å². The van der Waals surface area contributed by atoms with E-state index >= 15 is 0 Å². The number of rotatable bonds is 3. The van der Waals surface area contributed by atoms with Crippen LogP contribution in [0.2, 0.25) is 0 Å². The normalized spacial score (nSPS) is 18.3. The first-order chi connectivity index (χ1) is 7.15. The summed E-state index contributed by atoms with van der Waals surface area (Å²) in [6.45, 7) is 8.77. The van der Waals surface area contributed by atoms with Crippen LogP contribution in [0.4, 0.5) is 0 Å². The third kappa shape index (κ3) is 3.27. The number of hydrogen-bond donors (Lipinski definition) is 1. The van der Waals surface area contributed by atoms with E-state index in [4.69, 9.17) is 4.74 Å². The highest BCUT2D eigenvalue weighted by Gasteiger charge is 2.12. The Morgan fingerprint density at radius 2 is 2.27 bits per heavy atom. The van der Waals surface area contributed by atoms with E-state index in [0.29, 0.717) is 0 Å². The van der Waals surface area contributed by atoms with Crippen molar-refractivity contribution in [1.29, 1.82) is 0 Å². The van der Waals surface area contributed by atoms with E-state index in [2.05, 4.69) is 16.9 Å². The zero-order valence-corrected chi connectivity index (χ0v) is 9.63. The van der Waals surface area contributed by atoms with E-state index in [1.807, 2.05) is 19.9 Å². The molecule has 0 radical (unpaired) electrons. The molecule has 1 heterocycles. The van der Waals surface area contributed by atoms with E-state index in [-0.39, 0.29) is 0 Å². The van der Waals surface area contributed by atoms with Crippen LogP contribution in [0.25, 0.3) is 0 Å². The Kier molecular flexibility index (Phi) is 4.16. The van der Waals surface area contributed by atoms with Gasteiger partial charge in [-0.05, 0) is 19.4 Å². The Morgan fingerprint density at radius 1 is 1.53 bits per heavy atom. The van der Waals surface area contributed by atoms with Gasteiger partial charge in [-0.3, -0.25) is 4.99 Å². The Hall–Kier alpha value is -1.51. The van der Waals surface area contributed by atoms with Crippen molar-refractivity contribution in [3.05, 3.63) is 35.3 Å². The first-order valence-electron chi connectivity index (χ1n) is 5.02. The van der Waals surface area contributed by atoms with Crippen molar-refractivity contribution in [2.75, 3.05) is 13.7 Å². The molecule has 15 heavy (non-hydrogen) atoms.